The monoisotopic (exact) mass is 404 g/mol. The van der Waals surface area contributed by atoms with Crippen molar-refractivity contribution in [3.05, 3.63) is 83.9 Å². The second kappa shape index (κ2) is 9.33. The quantitative estimate of drug-likeness (QED) is 0.626. The maximum atomic E-state index is 12.4. The summed E-state index contributed by atoms with van der Waals surface area (Å²) in [5.74, 6) is 2.12. The molecule has 3 aromatic carbocycles. The molecule has 154 valence electrons. The maximum absolute atomic E-state index is 12.4. The lowest BCUT2D eigenvalue weighted by molar-refractivity contribution is 0.0902. The Hall–Kier alpha value is -3.51. The first-order valence-electron chi connectivity index (χ1n) is 9.85. The fraction of sp³-hybridized carbons (Fsp3) is 0.208. The Morgan fingerprint density at radius 2 is 1.83 bits per heavy atom. The molecule has 6 nitrogen and oxygen atoms in total. The van der Waals surface area contributed by atoms with E-state index < -0.39 is 0 Å². The molecule has 1 heterocycles. The van der Waals surface area contributed by atoms with Gasteiger partial charge in [-0.2, -0.15) is 0 Å². The van der Waals surface area contributed by atoms with Crippen molar-refractivity contribution in [2.24, 2.45) is 0 Å². The molecular weight excluding hydrogens is 380 g/mol. The molecule has 1 atom stereocenters. The Morgan fingerprint density at radius 1 is 1.03 bits per heavy atom. The van der Waals surface area contributed by atoms with Crippen LogP contribution in [-0.4, -0.2) is 32.3 Å². The summed E-state index contributed by atoms with van der Waals surface area (Å²) >= 11 is 0. The van der Waals surface area contributed by atoms with E-state index in [0.29, 0.717) is 25.3 Å². The van der Waals surface area contributed by atoms with E-state index in [1.807, 2.05) is 48.5 Å². The Kier molecular flexibility index (Phi) is 6.15. The van der Waals surface area contributed by atoms with Gasteiger partial charge in [-0.25, -0.2) is 0 Å². The lowest BCUT2D eigenvalue weighted by atomic mass is 10.1. The van der Waals surface area contributed by atoms with E-state index in [1.54, 1.807) is 31.4 Å². The Bertz CT molecular complexity index is 1000. The van der Waals surface area contributed by atoms with Crippen molar-refractivity contribution in [3.63, 3.8) is 0 Å². The minimum absolute atomic E-state index is 0.0437. The number of para-hydroxylation sites is 2. The third-order valence-corrected chi connectivity index (χ3v) is 4.81. The van der Waals surface area contributed by atoms with Crippen LogP contribution in [0.25, 0.3) is 0 Å². The highest BCUT2D eigenvalue weighted by molar-refractivity contribution is 6.04. The smallest absolute Gasteiger partial charge is 0.255 e. The molecular formula is C24H24N2O4. The van der Waals surface area contributed by atoms with Gasteiger partial charge in [0.25, 0.3) is 5.91 Å². The summed E-state index contributed by atoms with van der Waals surface area (Å²) in [6, 6.07) is 22.5. The zero-order valence-corrected chi connectivity index (χ0v) is 16.8. The summed E-state index contributed by atoms with van der Waals surface area (Å²) in [4.78, 5) is 12.4. The zero-order chi connectivity index (χ0) is 20.8. The lowest BCUT2D eigenvalue weighted by Crippen LogP contribution is -2.38. The number of fused-ring (bicyclic) bond motifs is 1. The first kappa shape index (κ1) is 19.8. The van der Waals surface area contributed by atoms with Crippen LogP contribution in [0.15, 0.2) is 72.8 Å². The molecule has 6 heteroatoms. The number of hydrogen-bond donors (Lipinski definition) is 2. The average molecular weight is 404 g/mol. The van der Waals surface area contributed by atoms with Gasteiger partial charge in [0.15, 0.2) is 11.5 Å². The van der Waals surface area contributed by atoms with Gasteiger partial charge in [-0.15, -0.1) is 0 Å². The maximum Gasteiger partial charge on any atom is 0.255 e. The molecule has 0 aliphatic carbocycles. The van der Waals surface area contributed by atoms with E-state index in [4.69, 9.17) is 14.2 Å². The van der Waals surface area contributed by atoms with Crippen LogP contribution in [0.5, 0.6) is 17.2 Å². The summed E-state index contributed by atoms with van der Waals surface area (Å²) < 4.78 is 16.8. The molecule has 0 spiro atoms. The molecule has 0 fully saturated rings. The SMILES string of the molecule is COc1ccc(C(=O)Nc2cccc(CNCC3COc4ccccc4O3)c2)cc1. The molecule has 30 heavy (non-hydrogen) atoms. The second-order valence-corrected chi connectivity index (χ2v) is 7.01. The number of rotatable bonds is 7. The van der Waals surface area contributed by atoms with Crippen molar-refractivity contribution in [1.29, 1.82) is 0 Å². The van der Waals surface area contributed by atoms with Gasteiger partial charge >= 0.3 is 0 Å². The highest BCUT2D eigenvalue weighted by atomic mass is 16.6. The molecule has 0 saturated heterocycles. The van der Waals surface area contributed by atoms with Crippen LogP contribution in [-0.2, 0) is 6.54 Å². The molecule has 1 unspecified atom stereocenters. The largest absolute Gasteiger partial charge is 0.497 e. The van der Waals surface area contributed by atoms with Crippen LogP contribution in [0.3, 0.4) is 0 Å². The van der Waals surface area contributed by atoms with Crippen molar-refractivity contribution >= 4 is 11.6 Å². The van der Waals surface area contributed by atoms with Crippen LogP contribution >= 0.6 is 0 Å². The van der Waals surface area contributed by atoms with Gasteiger partial charge in [0.2, 0.25) is 0 Å². The van der Waals surface area contributed by atoms with Crippen molar-refractivity contribution in [2.75, 3.05) is 25.6 Å². The van der Waals surface area contributed by atoms with Crippen molar-refractivity contribution in [3.8, 4) is 17.2 Å². The van der Waals surface area contributed by atoms with Gasteiger partial charge in [0, 0.05) is 24.3 Å². The number of anilines is 1. The minimum atomic E-state index is -0.158. The number of hydrogen-bond acceptors (Lipinski definition) is 5. The van der Waals surface area contributed by atoms with Gasteiger partial charge in [0.05, 0.1) is 7.11 Å². The Labute approximate surface area is 175 Å². The average Bonchev–Trinajstić information content (AvgIpc) is 2.79. The zero-order valence-electron chi connectivity index (χ0n) is 16.8. The number of ether oxygens (including phenoxy) is 3. The van der Waals surface area contributed by atoms with E-state index in [9.17, 15) is 4.79 Å². The number of nitrogens with one attached hydrogen (secondary N) is 2. The van der Waals surface area contributed by atoms with Crippen molar-refractivity contribution < 1.29 is 19.0 Å². The number of carbonyl (C=O) groups excluding carboxylic acids is 1. The summed E-state index contributed by atoms with van der Waals surface area (Å²) in [5.41, 5.74) is 2.40. The molecule has 0 saturated carbocycles. The molecule has 1 aliphatic rings. The van der Waals surface area contributed by atoms with E-state index in [-0.39, 0.29) is 12.0 Å². The van der Waals surface area contributed by atoms with Crippen LogP contribution in [0.4, 0.5) is 5.69 Å². The normalized spacial score (nSPS) is 14.8. The van der Waals surface area contributed by atoms with Gasteiger partial charge in [-0.1, -0.05) is 24.3 Å². The Morgan fingerprint density at radius 3 is 2.63 bits per heavy atom. The van der Waals surface area contributed by atoms with E-state index in [2.05, 4.69) is 10.6 Å². The van der Waals surface area contributed by atoms with Crippen LogP contribution in [0.2, 0.25) is 0 Å². The van der Waals surface area contributed by atoms with Crippen LogP contribution in [0.1, 0.15) is 15.9 Å². The fourth-order valence-electron chi connectivity index (χ4n) is 3.25. The Balaban J connectivity index is 1.29. The summed E-state index contributed by atoms with van der Waals surface area (Å²) in [6.07, 6.45) is -0.0437. The van der Waals surface area contributed by atoms with Crippen molar-refractivity contribution in [2.45, 2.75) is 12.6 Å². The standard InChI is InChI=1S/C24H24N2O4/c1-28-20-11-9-18(10-12-20)24(27)26-19-6-4-5-17(13-19)14-25-15-21-16-29-22-7-2-3-8-23(22)30-21/h2-13,21,25H,14-16H2,1H3,(H,26,27). The van der Waals surface area contributed by atoms with Gasteiger partial charge < -0.3 is 24.8 Å². The summed E-state index contributed by atoms with van der Waals surface area (Å²) in [6.45, 7) is 1.84. The van der Waals surface area contributed by atoms with Crippen molar-refractivity contribution in [1.82, 2.24) is 5.32 Å². The molecule has 1 aliphatic heterocycles. The number of carbonyl (C=O) groups is 1. The fourth-order valence-corrected chi connectivity index (χ4v) is 3.25. The second-order valence-electron chi connectivity index (χ2n) is 7.01. The molecule has 1 amide bonds. The van der Waals surface area contributed by atoms with E-state index >= 15 is 0 Å². The third-order valence-electron chi connectivity index (χ3n) is 4.81. The lowest BCUT2D eigenvalue weighted by Gasteiger charge is -2.26. The molecule has 2 N–H and O–H groups in total. The predicted molar refractivity (Wildman–Crippen MR) is 115 cm³/mol. The number of amides is 1. The first-order chi connectivity index (χ1) is 14.7. The number of methoxy groups -OCH3 is 1. The molecule has 0 radical (unpaired) electrons. The van der Waals surface area contributed by atoms with Gasteiger partial charge in [-0.05, 0) is 54.1 Å². The van der Waals surface area contributed by atoms with Gasteiger partial charge in [-0.3, -0.25) is 4.79 Å². The van der Waals surface area contributed by atoms with Crippen LogP contribution in [0, 0.1) is 0 Å². The van der Waals surface area contributed by atoms with Crippen LogP contribution < -0.4 is 24.8 Å². The molecule has 0 aromatic heterocycles. The highest BCUT2D eigenvalue weighted by Gasteiger charge is 2.19. The van der Waals surface area contributed by atoms with Gasteiger partial charge in [0.1, 0.15) is 18.5 Å². The molecule has 3 aromatic rings. The van der Waals surface area contributed by atoms with E-state index in [0.717, 1.165) is 28.5 Å². The third kappa shape index (κ3) is 4.90. The first-order valence-corrected chi connectivity index (χ1v) is 9.85. The minimum Gasteiger partial charge on any atom is -0.497 e. The number of benzene rings is 3. The topological polar surface area (TPSA) is 68.8 Å². The summed E-state index contributed by atoms with van der Waals surface area (Å²) in [7, 11) is 1.60. The molecule has 0 bridgehead atoms. The highest BCUT2D eigenvalue weighted by Crippen LogP contribution is 2.30. The molecule has 4 rings (SSSR count). The predicted octanol–water partition coefficient (Wildman–Crippen LogP) is 3.88. The van der Waals surface area contributed by atoms with E-state index in [1.165, 1.54) is 0 Å². The summed E-state index contributed by atoms with van der Waals surface area (Å²) in [5, 5.41) is 6.33.